The first-order valence-corrected chi connectivity index (χ1v) is 7.43. The summed E-state index contributed by atoms with van der Waals surface area (Å²) in [6, 6.07) is 11.0. The second kappa shape index (κ2) is 6.46. The van der Waals surface area contributed by atoms with Gasteiger partial charge in [-0.25, -0.2) is 8.78 Å². The molecule has 0 aliphatic carbocycles. The quantitative estimate of drug-likeness (QED) is 0.870. The van der Waals surface area contributed by atoms with E-state index in [-0.39, 0.29) is 11.7 Å². The number of fused-ring (bicyclic) bond motifs is 1. The van der Waals surface area contributed by atoms with Crippen molar-refractivity contribution in [3.05, 3.63) is 70.8 Å². The molecule has 2 aromatic carbocycles. The minimum Gasteiger partial charge on any atom is -0.371 e. The summed E-state index contributed by atoms with van der Waals surface area (Å²) in [7, 11) is 1.59. The summed E-state index contributed by atoms with van der Waals surface area (Å²) in [6.45, 7) is 0.859. The molecule has 120 valence electrons. The molecule has 0 radical (unpaired) electrons. The average molecular weight is 317 g/mol. The van der Waals surface area contributed by atoms with Crippen molar-refractivity contribution in [1.82, 2.24) is 4.90 Å². The van der Waals surface area contributed by atoms with Crippen LogP contribution >= 0.6 is 0 Å². The molecule has 0 bridgehead atoms. The standard InChI is InChI=1S/C18H17F2NO2/c1-21(18(22)16-7-6-14(19)9-17(16)20)10-15-8-12-4-2-3-5-13(12)11-23-15/h2-7,9,15H,8,10-11H2,1H3. The number of hydrogen-bond donors (Lipinski definition) is 0. The van der Waals surface area contributed by atoms with Crippen LogP contribution in [-0.4, -0.2) is 30.5 Å². The average Bonchev–Trinajstić information content (AvgIpc) is 2.54. The normalized spacial score (nSPS) is 16.7. The lowest BCUT2D eigenvalue weighted by Gasteiger charge is -2.29. The van der Waals surface area contributed by atoms with Gasteiger partial charge in [-0.15, -0.1) is 0 Å². The zero-order valence-electron chi connectivity index (χ0n) is 12.8. The van der Waals surface area contributed by atoms with Crippen LogP contribution in [0.3, 0.4) is 0 Å². The van der Waals surface area contributed by atoms with E-state index in [2.05, 4.69) is 0 Å². The number of carbonyl (C=O) groups excluding carboxylic acids is 1. The molecule has 0 saturated heterocycles. The van der Waals surface area contributed by atoms with Gasteiger partial charge in [-0.2, -0.15) is 0 Å². The molecule has 3 nitrogen and oxygen atoms in total. The molecule has 2 aromatic rings. The molecule has 0 N–H and O–H groups in total. The van der Waals surface area contributed by atoms with Crippen molar-refractivity contribution in [3.8, 4) is 0 Å². The lowest BCUT2D eigenvalue weighted by atomic mass is 9.99. The summed E-state index contributed by atoms with van der Waals surface area (Å²) < 4.78 is 32.4. The van der Waals surface area contributed by atoms with E-state index >= 15 is 0 Å². The fourth-order valence-corrected chi connectivity index (χ4v) is 2.78. The van der Waals surface area contributed by atoms with E-state index in [1.54, 1.807) is 7.05 Å². The first-order chi connectivity index (χ1) is 11.0. The van der Waals surface area contributed by atoms with Gasteiger partial charge in [0.25, 0.3) is 5.91 Å². The van der Waals surface area contributed by atoms with Crippen LogP contribution in [0.2, 0.25) is 0 Å². The Bertz CT molecular complexity index is 733. The second-order valence-corrected chi connectivity index (χ2v) is 5.72. The molecule has 0 spiro atoms. The van der Waals surface area contributed by atoms with Gasteiger partial charge < -0.3 is 9.64 Å². The number of benzene rings is 2. The van der Waals surface area contributed by atoms with E-state index in [1.807, 2.05) is 24.3 Å². The van der Waals surface area contributed by atoms with Crippen molar-refractivity contribution in [1.29, 1.82) is 0 Å². The lowest BCUT2D eigenvalue weighted by Crippen LogP contribution is -2.38. The number of halogens is 2. The van der Waals surface area contributed by atoms with Crippen molar-refractivity contribution in [2.75, 3.05) is 13.6 Å². The third kappa shape index (κ3) is 3.40. The van der Waals surface area contributed by atoms with Crippen LogP contribution < -0.4 is 0 Å². The Hall–Kier alpha value is -2.27. The Kier molecular flexibility index (Phi) is 4.39. The van der Waals surface area contributed by atoms with Crippen molar-refractivity contribution in [2.24, 2.45) is 0 Å². The molecule has 1 amide bonds. The Balaban J connectivity index is 1.67. The van der Waals surface area contributed by atoms with Crippen LogP contribution in [0.25, 0.3) is 0 Å². The molecule has 1 unspecified atom stereocenters. The summed E-state index contributed by atoms with van der Waals surface area (Å²) in [4.78, 5) is 13.7. The largest absolute Gasteiger partial charge is 0.371 e. The smallest absolute Gasteiger partial charge is 0.256 e. The summed E-state index contributed by atoms with van der Waals surface area (Å²) in [5, 5.41) is 0. The highest BCUT2D eigenvalue weighted by Crippen LogP contribution is 2.21. The van der Waals surface area contributed by atoms with Gasteiger partial charge in [0.15, 0.2) is 0 Å². The predicted molar refractivity (Wildman–Crippen MR) is 82.0 cm³/mol. The van der Waals surface area contributed by atoms with Crippen LogP contribution in [0.1, 0.15) is 21.5 Å². The van der Waals surface area contributed by atoms with Gasteiger partial charge in [0.2, 0.25) is 0 Å². The minimum atomic E-state index is -0.850. The Morgan fingerprint density at radius 1 is 1.22 bits per heavy atom. The van der Waals surface area contributed by atoms with Gasteiger partial charge in [-0.1, -0.05) is 24.3 Å². The van der Waals surface area contributed by atoms with Crippen LogP contribution in [-0.2, 0) is 17.8 Å². The highest BCUT2D eigenvalue weighted by Gasteiger charge is 2.24. The molecule has 1 aliphatic rings. The number of rotatable bonds is 3. The maximum Gasteiger partial charge on any atom is 0.256 e. The Morgan fingerprint density at radius 2 is 1.96 bits per heavy atom. The number of nitrogens with zero attached hydrogens (tertiary/aromatic N) is 1. The highest BCUT2D eigenvalue weighted by atomic mass is 19.1. The maximum atomic E-state index is 13.7. The molecule has 23 heavy (non-hydrogen) atoms. The number of hydrogen-bond acceptors (Lipinski definition) is 2. The number of likely N-dealkylation sites (N-methyl/N-ethyl adjacent to an activating group) is 1. The van der Waals surface area contributed by atoms with Gasteiger partial charge >= 0.3 is 0 Å². The topological polar surface area (TPSA) is 29.5 Å². The lowest BCUT2D eigenvalue weighted by molar-refractivity contribution is 0.00974. The van der Waals surface area contributed by atoms with Gasteiger partial charge in [0, 0.05) is 26.1 Å². The summed E-state index contributed by atoms with van der Waals surface area (Å²) in [5.74, 6) is -2.03. The molecule has 1 aliphatic heterocycles. The number of carbonyl (C=O) groups is 1. The molecule has 0 saturated carbocycles. The number of ether oxygens (including phenoxy) is 1. The Labute approximate surface area is 133 Å². The zero-order chi connectivity index (χ0) is 16.4. The van der Waals surface area contributed by atoms with Gasteiger partial charge in [-0.05, 0) is 23.3 Å². The highest BCUT2D eigenvalue weighted by molar-refractivity contribution is 5.94. The fourth-order valence-electron chi connectivity index (χ4n) is 2.78. The van der Waals surface area contributed by atoms with E-state index in [0.29, 0.717) is 25.6 Å². The summed E-state index contributed by atoms with van der Waals surface area (Å²) in [5.41, 5.74) is 2.23. The Morgan fingerprint density at radius 3 is 2.70 bits per heavy atom. The van der Waals surface area contributed by atoms with E-state index in [1.165, 1.54) is 16.5 Å². The molecular formula is C18H17F2NO2. The van der Waals surface area contributed by atoms with Crippen molar-refractivity contribution >= 4 is 5.91 Å². The van der Waals surface area contributed by atoms with E-state index < -0.39 is 17.5 Å². The van der Waals surface area contributed by atoms with Gasteiger partial charge in [-0.3, -0.25) is 4.79 Å². The monoisotopic (exact) mass is 317 g/mol. The maximum absolute atomic E-state index is 13.7. The van der Waals surface area contributed by atoms with Gasteiger partial charge in [0.05, 0.1) is 18.3 Å². The fraction of sp³-hybridized carbons (Fsp3) is 0.278. The summed E-state index contributed by atoms with van der Waals surface area (Å²) in [6.07, 6.45) is 0.571. The molecule has 3 rings (SSSR count). The molecule has 0 fully saturated rings. The predicted octanol–water partition coefficient (Wildman–Crippen LogP) is 3.18. The van der Waals surface area contributed by atoms with E-state index in [4.69, 9.17) is 4.74 Å². The van der Waals surface area contributed by atoms with Crippen LogP contribution in [0.15, 0.2) is 42.5 Å². The van der Waals surface area contributed by atoms with Gasteiger partial charge in [0.1, 0.15) is 11.6 Å². The first-order valence-electron chi connectivity index (χ1n) is 7.43. The summed E-state index contributed by atoms with van der Waals surface area (Å²) >= 11 is 0. The van der Waals surface area contributed by atoms with Crippen molar-refractivity contribution in [3.63, 3.8) is 0 Å². The molecule has 1 heterocycles. The number of amides is 1. The second-order valence-electron chi connectivity index (χ2n) is 5.72. The molecule has 5 heteroatoms. The third-order valence-electron chi connectivity index (χ3n) is 4.03. The van der Waals surface area contributed by atoms with Crippen molar-refractivity contribution in [2.45, 2.75) is 19.1 Å². The zero-order valence-corrected chi connectivity index (χ0v) is 12.8. The molecule has 1 atom stereocenters. The van der Waals surface area contributed by atoms with Crippen molar-refractivity contribution < 1.29 is 18.3 Å². The molecule has 0 aromatic heterocycles. The van der Waals surface area contributed by atoms with Crippen LogP contribution in [0, 0.1) is 11.6 Å². The minimum absolute atomic E-state index is 0.134. The first kappa shape index (κ1) is 15.6. The SMILES string of the molecule is CN(CC1Cc2ccccc2CO1)C(=O)c1ccc(F)cc1F. The van der Waals surface area contributed by atoms with E-state index in [0.717, 1.165) is 11.6 Å². The molecular weight excluding hydrogens is 300 g/mol. The van der Waals surface area contributed by atoms with Crippen LogP contribution in [0.5, 0.6) is 0 Å². The van der Waals surface area contributed by atoms with Crippen LogP contribution in [0.4, 0.5) is 8.78 Å². The van der Waals surface area contributed by atoms with E-state index in [9.17, 15) is 13.6 Å². The third-order valence-corrected chi connectivity index (χ3v) is 4.03.